The Balaban J connectivity index is 0.00000289. The summed E-state index contributed by atoms with van der Waals surface area (Å²) in [5.41, 5.74) is 0. The van der Waals surface area contributed by atoms with Crippen LogP contribution in [-0.2, 0) is 4.74 Å². The third kappa shape index (κ3) is 8.97. The van der Waals surface area contributed by atoms with Crippen LogP contribution in [0.25, 0.3) is 0 Å². The lowest BCUT2D eigenvalue weighted by Crippen LogP contribution is -2.42. The Hall–Kier alpha value is -0.0400. The molecule has 0 spiro atoms. The van der Waals surface area contributed by atoms with Crippen LogP contribution in [0, 0.1) is 5.92 Å². The quantitative estimate of drug-likeness (QED) is 0.299. The predicted molar refractivity (Wildman–Crippen MR) is 87.8 cm³/mol. The van der Waals surface area contributed by atoms with Crippen LogP contribution in [0.1, 0.15) is 39.5 Å². The van der Waals surface area contributed by atoms with Crippen LogP contribution in [0.4, 0.5) is 0 Å². The van der Waals surface area contributed by atoms with Gasteiger partial charge in [0.05, 0.1) is 0 Å². The molecule has 0 bridgehead atoms. The van der Waals surface area contributed by atoms with Crippen molar-refractivity contribution in [2.24, 2.45) is 10.9 Å². The van der Waals surface area contributed by atoms with Gasteiger partial charge >= 0.3 is 0 Å². The largest absolute Gasteiger partial charge is 0.381 e. The average molecular weight is 369 g/mol. The zero-order valence-electron chi connectivity index (χ0n) is 11.9. The van der Waals surface area contributed by atoms with Gasteiger partial charge < -0.3 is 15.4 Å². The van der Waals surface area contributed by atoms with Crippen molar-refractivity contribution in [1.29, 1.82) is 0 Å². The van der Waals surface area contributed by atoms with E-state index in [-0.39, 0.29) is 24.0 Å². The lowest BCUT2D eigenvalue weighted by atomic mass is 10.3. The predicted octanol–water partition coefficient (Wildman–Crippen LogP) is 2.38. The second-order valence-corrected chi connectivity index (χ2v) is 4.82. The van der Waals surface area contributed by atoms with E-state index in [1.165, 1.54) is 12.8 Å². The van der Waals surface area contributed by atoms with Crippen LogP contribution < -0.4 is 10.6 Å². The van der Waals surface area contributed by atoms with Gasteiger partial charge in [0.25, 0.3) is 0 Å². The third-order valence-corrected chi connectivity index (χ3v) is 3.03. The monoisotopic (exact) mass is 369 g/mol. The van der Waals surface area contributed by atoms with E-state index in [2.05, 4.69) is 29.5 Å². The van der Waals surface area contributed by atoms with E-state index in [9.17, 15) is 0 Å². The molecular formula is C13H28IN3O. The zero-order chi connectivity index (χ0) is 12.5. The lowest BCUT2D eigenvalue weighted by Gasteiger charge is -2.16. The van der Waals surface area contributed by atoms with Gasteiger partial charge in [-0.3, -0.25) is 4.99 Å². The number of nitrogens with one attached hydrogen (secondary N) is 2. The molecule has 0 aliphatic heterocycles. The highest BCUT2D eigenvalue weighted by Gasteiger charge is 2.20. The van der Waals surface area contributed by atoms with Gasteiger partial charge in [0.15, 0.2) is 5.96 Å². The summed E-state index contributed by atoms with van der Waals surface area (Å²) < 4.78 is 5.58. The highest BCUT2D eigenvalue weighted by molar-refractivity contribution is 14.0. The van der Waals surface area contributed by atoms with E-state index >= 15 is 0 Å². The van der Waals surface area contributed by atoms with Crippen LogP contribution in [0.5, 0.6) is 0 Å². The van der Waals surface area contributed by atoms with Crippen molar-refractivity contribution in [2.45, 2.75) is 45.6 Å². The summed E-state index contributed by atoms with van der Waals surface area (Å²) in [4.78, 5) is 4.19. The van der Waals surface area contributed by atoms with Crippen LogP contribution in [0.2, 0.25) is 0 Å². The van der Waals surface area contributed by atoms with Crippen molar-refractivity contribution in [3.63, 3.8) is 0 Å². The normalized spacial score (nSPS) is 16.9. The third-order valence-electron chi connectivity index (χ3n) is 3.03. The molecule has 0 saturated heterocycles. The molecule has 1 unspecified atom stereocenters. The molecule has 1 rings (SSSR count). The first-order valence-electron chi connectivity index (χ1n) is 6.81. The number of guanidine groups is 1. The maximum absolute atomic E-state index is 5.58. The van der Waals surface area contributed by atoms with Crippen molar-refractivity contribution >= 4 is 29.9 Å². The second-order valence-electron chi connectivity index (χ2n) is 4.82. The van der Waals surface area contributed by atoms with Gasteiger partial charge in [-0.2, -0.15) is 0 Å². The summed E-state index contributed by atoms with van der Waals surface area (Å²) in [5.74, 6) is 1.75. The lowest BCUT2D eigenvalue weighted by molar-refractivity contribution is 0.123. The number of hydrogen-bond donors (Lipinski definition) is 2. The number of halogens is 1. The summed E-state index contributed by atoms with van der Waals surface area (Å²) in [6.45, 7) is 7.05. The fourth-order valence-corrected chi connectivity index (χ4v) is 1.45. The van der Waals surface area contributed by atoms with E-state index in [1.54, 1.807) is 7.05 Å². The first-order chi connectivity index (χ1) is 8.26. The topological polar surface area (TPSA) is 45.7 Å². The Morgan fingerprint density at radius 1 is 1.44 bits per heavy atom. The van der Waals surface area contributed by atoms with Crippen LogP contribution in [0.3, 0.4) is 0 Å². The molecule has 0 aromatic carbocycles. The van der Waals surface area contributed by atoms with E-state index in [4.69, 9.17) is 4.74 Å². The summed E-state index contributed by atoms with van der Waals surface area (Å²) in [6, 6.07) is 0.465. The Morgan fingerprint density at radius 3 is 2.72 bits per heavy atom. The van der Waals surface area contributed by atoms with Crippen molar-refractivity contribution in [3.05, 3.63) is 0 Å². The van der Waals surface area contributed by atoms with Crippen molar-refractivity contribution < 1.29 is 4.74 Å². The summed E-state index contributed by atoms with van der Waals surface area (Å²) in [7, 11) is 1.81. The van der Waals surface area contributed by atoms with Crippen LogP contribution >= 0.6 is 24.0 Å². The number of hydrogen-bond acceptors (Lipinski definition) is 2. The Kier molecular flexibility index (Phi) is 10.8. The molecule has 0 aromatic rings. The number of aliphatic imine (C=N–C) groups is 1. The molecule has 1 fully saturated rings. The molecule has 1 aliphatic rings. The van der Waals surface area contributed by atoms with Gasteiger partial charge in [-0.25, -0.2) is 0 Å². The minimum atomic E-state index is 0. The first-order valence-corrected chi connectivity index (χ1v) is 6.81. The molecular weight excluding hydrogens is 341 g/mol. The molecule has 5 heteroatoms. The molecule has 1 atom stereocenters. The average Bonchev–Trinajstić information content (AvgIpc) is 3.15. The second kappa shape index (κ2) is 10.8. The maximum atomic E-state index is 5.58. The van der Waals surface area contributed by atoms with E-state index < -0.39 is 0 Å². The van der Waals surface area contributed by atoms with Gasteiger partial charge in [-0.1, -0.05) is 6.92 Å². The standard InChI is InChI=1S/C13H27N3O.HI/c1-4-11(2)16-13(14-3)15-8-5-9-17-10-12-6-7-12;/h11-12H,4-10H2,1-3H3,(H2,14,15,16);1H. The van der Waals surface area contributed by atoms with E-state index in [0.29, 0.717) is 6.04 Å². The van der Waals surface area contributed by atoms with Gasteiger partial charge in [-0.15, -0.1) is 24.0 Å². The molecule has 1 saturated carbocycles. The fraction of sp³-hybridized carbons (Fsp3) is 0.923. The molecule has 0 radical (unpaired) electrons. The van der Waals surface area contributed by atoms with Crippen LogP contribution in [-0.4, -0.2) is 38.8 Å². The number of nitrogens with zero attached hydrogens (tertiary/aromatic N) is 1. The SMILES string of the molecule is CCC(C)NC(=NC)NCCCOCC1CC1.I. The van der Waals surface area contributed by atoms with E-state index in [0.717, 1.165) is 44.5 Å². The molecule has 18 heavy (non-hydrogen) atoms. The molecule has 4 nitrogen and oxygen atoms in total. The number of ether oxygens (including phenoxy) is 1. The molecule has 1 aliphatic carbocycles. The highest BCUT2D eigenvalue weighted by atomic mass is 127. The smallest absolute Gasteiger partial charge is 0.191 e. The Bertz CT molecular complexity index is 232. The minimum absolute atomic E-state index is 0. The van der Waals surface area contributed by atoms with Gasteiger partial charge in [0.2, 0.25) is 0 Å². The Morgan fingerprint density at radius 2 is 2.17 bits per heavy atom. The summed E-state index contributed by atoms with van der Waals surface area (Å²) >= 11 is 0. The summed E-state index contributed by atoms with van der Waals surface area (Å²) in [5, 5.41) is 6.63. The maximum Gasteiger partial charge on any atom is 0.191 e. The van der Waals surface area contributed by atoms with Gasteiger partial charge in [-0.05, 0) is 38.5 Å². The van der Waals surface area contributed by atoms with Gasteiger partial charge in [0.1, 0.15) is 0 Å². The molecule has 0 aromatic heterocycles. The molecule has 0 heterocycles. The molecule has 0 amide bonds. The number of rotatable bonds is 8. The van der Waals surface area contributed by atoms with Crippen LogP contribution in [0.15, 0.2) is 4.99 Å². The zero-order valence-corrected chi connectivity index (χ0v) is 14.2. The van der Waals surface area contributed by atoms with Crippen molar-refractivity contribution in [1.82, 2.24) is 10.6 Å². The molecule has 2 N–H and O–H groups in total. The minimum Gasteiger partial charge on any atom is -0.381 e. The summed E-state index contributed by atoms with van der Waals surface area (Å²) in [6.07, 6.45) is 4.87. The Labute approximate surface area is 128 Å². The van der Waals surface area contributed by atoms with E-state index in [1.807, 2.05) is 0 Å². The first kappa shape index (κ1) is 18.0. The van der Waals surface area contributed by atoms with Crippen molar-refractivity contribution in [3.8, 4) is 0 Å². The van der Waals surface area contributed by atoms with Crippen molar-refractivity contribution in [2.75, 3.05) is 26.8 Å². The fourth-order valence-electron chi connectivity index (χ4n) is 1.45. The van der Waals surface area contributed by atoms with Gasteiger partial charge in [0, 0.05) is 32.8 Å². The highest BCUT2D eigenvalue weighted by Crippen LogP contribution is 2.28. The molecule has 108 valence electrons.